The van der Waals surface area contributed by atoms with Gasteiger partial charge in [0.2, 0.25) is 0 Å². The van der Waals surface area contributed by atoms with Crippen molar-refractivity contribution < 1.29 is 0 Å². The molecule has 92 heavy (non-hydrogen) atoms. The number of rotatable bonds is 30. The highest BCUT2D eigenvalue weighted by atomic mass is 15.1. The molecule has 8 aliphatic heterocycles. The summed E-state index contributed by atoms with van der Waals surface area (Å²) in [4.78, 5) is 18.9. The van der Waals surface area contributed by atoms with E-state index in [9.17, 15) is 0 Å². The zero-order valence-corrected chi connectivity index (χ0v) is 62.5. The first-order valence-corrected chi connectivity index (χ1v) is 37.5. The molecule has 0 unspecified atom stereocenters. The van der Waals surface area contributed by atoms with Gasteiger partial charge in [0.05, 0.1) is 0 Å². The second-order valence-electron chi connectivity index (χ2n) is 26.1. The lowest BCUT2D eigenvalue weighted by molar-refractivity contribution is 0.385. The second kappa shape index (κ2) is 60.2. The summed E-state index contributed by atoms with van der Waals surface area (Å²) in [6.45, 7) is 49.4. The minimum Gasteiger partial charge on any atom is -0.374 e. The Hall–Kier alpha value is -5.76. The zero-order valence-electron chi connectivity index (χ0n) is 62.5. The Balaban J connectivity index is 0.000000528. The molecule has 8 heterocycles. The lowest BCUT2D eigenvalue weighted by Gasteiger charge is -2.24. The van der Waals surface area contributed by atoms with E-state index in [4.69, 9.17) is 0 Å². The van der Waals surface area contributed by atoms with Crippen molar-refractivity contribution in [1.29, 1.82) is 0 Å². The van der Waals surface area contributed by atoms with Crippen molar-refractivity contribution in [2.75, 3.05) is 105 Å². The minimum absolute atomic E-state index is 1.08. The van der Waals surface area contributed by atoms with Crippen LogP contribution in [0.15, 0.2) is 192 Å². The fraction of sp³-hybridized carbons (Fsp3) is 0.619. The van der Waals surface area contributed by atoms with Crippen LogP contribution in [0.4, 0.5) is 0 Å². The van der Waals surface area contributed by atoms with Crippen LogP contribution in [0.2, 0.25) is 0 Å². The van der Waals surface area contributed by atoms with Crippen LogP contribution in [-0.2, 0) is 0 Å². The van der Waals surface area contributed by atoms with Gasteiger partial charge in [-0.3, -0.25) is 0 Å². The Kier molecular flexibility index (Phi) is 55.1. The largest absolute Gasteiger partial charge is 0.374 e. The van der Waals surface area contributed by atoms with Gasteiger partial charge in [0, 0.05) is 105 Å². The number of nitrogens with zero attached hydrogens (tertiary/aromatic N) is 8. The van der Waals surface area contributed by atoms with Crippen molar-refractivity contribution in [3.05, 3.63) is 192 Å². The van der Waals surface area contributed by atoms with Crippen LogP contribution < -0.4 is 0 Å². The lowest BCUT2D eigenvalue weighted by atomic mass is 10.1. The third-order valence-corrected chi connectivity index (χ3v) is 17.0. The summed E-state index contributed by atoms with van der Waals surface area (Å²) in [5.74, 6) is 0. The summed E-state index contributed by atoms with van der Waals surface area (Å²) in [5, 5.41) is 0. The molecule has 0 radical (unpaired) electrons. The molecule has 8 rings (SSSR count). The zero-order chi connectivity index (χ0) is 67.3. The fourth-order valence-corrected chi connectivity index (χ4v) is 10.5. The number of unbranched alkanes of at least 4 members (excludes halogenated alkanes) is 15. The van der Waals surface area contributed by atoms with Gasteiger partial charge in [-0.15, -0.1) is 0 Å². The molecule has 0 atom stereocenters. The standard InChI is InChI=1S/C14H25N.C12H21N.2C11H19N.2C10H17N.C9H15N.C7H11N/c1-3-4-5-6-7-8-11-15-12-9-14(2)10-13-15;1-3-4-5-6-9-13-10-7-8-12(2)11-13;1-4-5-7-12-8-6-10(2)11(3)9-12;1-2-3-4-6-9-12-10-7-5-8-11-12;1-3-4-7-11-8-5-10(2)6-9-11;1-3-4-7-11-8-5-6-10(2)9-11;1-2-3-7-10-8-5-4-6-9-10;1-2-8-6-4-3-5-7-8/h9-10,12H,3-8,11,13H2,1-2H3;7-8,10H,3-6,9,11H2,1-2H3;6,8H,4-5,7,9H2,1-3H3;5,7-8,10H,2-4,6,9,11H2,1H3;2*5-6,8H,3-4,7,9H2,1-2H3;4-6,8H,2-3,7,9H2,1H3;3-6H,2,7H2,1H3. The summed E-state index contributed by atoms with van der Waals surface area (Å²) in [6.07, 6.45) is 86.0. The summed E-state index contributed by atoms with van der Waals surface area (Å²) >= 11 is 0. The molecule has 0 amide bonds. The second-order valence-corrected chi connectivity index (χ2v) is 26.1. The van der Waals surface area contributed by atoms with Crippen LogP contribution in [0.5, 0.6) is 0 Å². The first-order valence-electron chi connectivity index (χ1n) is 37.5. The molecule has 520 valence electrons. The van der Waals surface area contributed by atoms with Gasteiger partial charge in [-0.1, -0.05) is 233 Å². The van der Waals surface area contributed by atoms with E-state index in [1.54, 1.807) is 0 Å². The number of hydrogen-bond donors (Lipinski definition) is 0. The number of allylic oxidation sites excluding steroid dienone is 16. The molecule has 0 N–H and O–H groups in total. The molecular formula is C84H144N8. The van der Waals surface area contributed by atoms with E-state index in [0.717, 1.165) is 58.9 Å². The van der Waals surface area contributed by atoms with Gasteiger partial charge in [-0.05, 0) is 197 Å². The summed E-state index contributed by atoms with van der Waals surface area (Å²) < 4.78 is 0. The van der Waals surface area contributed by atoms with Gasteiger partial charge in [0.1, 0.15) is 0 Å². The maximum atomic E-state index is 2.41. The molecule has 8 aliphatic rings. The highest BCUT2D eigenvalue weighted by Gasteiger charge is 2.08. The summed E-state index contributed by atoms with van der Waals surface area (Å²) in [6, 6.07) is 0. The van der Waals surface area contributed by atoms with Crippen LogP contribution >= 0.6 is 0 Å². The lowest BCUT2D eigenvalue weighted by Crippen LogP contribution is -2.23. The van der Waals surface area contributed by atoms with Crippen molar-refractivity contribution in [1.82, 2.24) is 39.2 Å². The number of hydrogen-bond acceptors (Lipinski definition) is 8. The van der Waals surface area contributed by atoms with E-state index in [0.29, 0.717) is 0 Å². The predicted octanol–water partition coefficient (Wildman–Crippen LogP) is 22.1. The maximum Gasteiger partial charge on any atom is 0.0386 e. The Bertz CT molecular complexity index is 2310. The Morgan fingerprint density at radius 3 is 0.902 bits per heavy atom. The number of likely N-dealkylation sites (N-methyl/N-ethyl adjacent to an activating group) is 1. The highest BCUT2D eigenvalue weighted by Crippen LogP contribution is 2.16. The van der Waals surface area contributed by atoms with Crippen molar-refractivity contribution >= 4 is 0 Å². The molecule has 0 aromatic carbocycles. The normalized spacial score (nSPS) is 16.5. The smallest absolute Gasteiger partial charge is 0.0386 e. The van der Waals surface area contributed by atoms with Gasteiger partial charge in [0.15, 0.2) is 0 Å². The van der Waals surface area contributed by atoms with E-state index in [-0.39, 0.29) is 0 Å². The van der Waals surface area contributed by atoms with E-state index >= 15 is 0 Å². The van der Waals surface area contributed by atoms with E-state index < -0.39 is 0 Å². The van der Waals surface area contributed by atoms with Gasteiger partial charge in [-0.25, -0.2) is 0 Å². The summed E-state index contributed by atoms with van der Waals surface area (Å²) in [7, 11) is 0. The molecule has 0 saturated heterocycles. The van der Waals surface area contributed by atoms with Gasteiger partial charge in [0.25, 0.3) is 0 Å². The molecule has 8 heteroatoms. The molecule has 0 aromatic heterocycles. The van der Waals surface area contributed by atoms with Crippen molar-refractivity contribution in [2.24, 2.45) is 0 Å². The third kappa shape index (κ3) is 48.9. The maximum absolute atomic E-state index is 2.41. The van der Waals surface area contributed by atoms with Crippen molar-refractivity contribution in [2.45, 2.75) is 238 Å². The third-order valence-electron chi connectivity index (χ3n) is 17.0. The monoisotopic (exact) mass is 1270 g/mol. The van der Waals surface area contributed by atoms with Crippen LogP contribution in [0.25, 0.3) is 0 Å². The Morgan fingerprint density at radius 2 is 0.576 bits per heavy atom. The average molecular weight is 1270 g/mol. The first-order chi connectivity index (χ1) is 44.8. The molecule has 0 saturated carbocycles. The van der Waals surface area contributed by atoms with Crippen molar-refractivity contribution in [3.8, 4) is 0 Å². The summed E-state index contributed by atoms with van der Waals surface area (Å²) in [5.41, 5.74) is 8.66. The molecule has 0 spiro atoms. The van der Waals surface area contributed by atoms with Crippen LogP contribution in [0, 0.1) is 0 Å². The molecule has 0 fully saturated rings. The molecule has 0 aromatic rings. The molecule has 8 nitrogen and oxygen atoms in total. The molecule has 0 aliphatic carbocycles. The van der Waals surface area contributed by atoms with Gasteiger partial charge in [-0.2, -0.15) is 0 Å². The first kappa shape index (κ1) is 84.3. The molecular weight excluding hydrogens is 1120 g/mol. The highest BCUT2D eigenvalue weighted by molar-refractivity contribution is 5.27. The average Bonchev–Trinajstić information content (AvgIpc) is 3.72. The van der Waals surface area contributed by atoms with E-state index in [1.807, 2.05) is 0 Å². The quantitative estimate of drug-likeness (QED) is 0.0657. The Morgan fingerprint density at radius 1 is 0.272 bits per heavy atom. The van der Waals surface area contributed by atoms with Crippen LogP contribution in [-0.4, -0.2) is 144 Å². The minimum atomic E-state index is 1.08. The van der Waals surface area contributed by atoms with Gasteiger partial charge < -0.3 is 39.2 Å². The van der Waals surface area contributed by atoms with Crippen LogP contribution in [0.3, 0.4) is 0 Å². The Labute approximate surface area is 571 Å². The molecule has 0 bridgehead atoms. The topological polar surface area (TPSA) is 25.9 Å². The van der Waals surface area contributed by atoms with E-state index in [1.165, 1.54) is 221 Å². The fourth-order valence-electron chi connectivity index (χ4n) is 10.5. The van der Waals surface area contributed by atoms with Crippen LogP contribution in [0.1, 0.15) is 238 Å². The van der Waals surface area contributed by atoms with Crippen molar-refractivity contribution in [3.63, 3.8) is 0 Å². The van der Waals surface area contributed by atoms with E-state index in [2.05, 4.69) is 295 Å². The predicted molar refractivity (Wildman–Crippen MR) is 413 cm³/mol. The van der Waals surface area contributed by atoms with Gasteiger partial charge >= 0.3 is 0 Å². The SMILES string of the molecule is CCCCCCCCN1C=CC(C)=CC1.CCCCCCN1C=CC=C(C)C1.CCCCCCN1C=CC=CC1.CCCCN1C=CC(C)=C(C)C1.CCCCN1C=CC(C)=CC1.CCCCN1C=CC=C(C)C1.CCCCN1C=CC=CC1.CCN1C=CC=CC1.